The van der Waals surface area contributed by atoms with Crippen molar-refractivity contribution >= 4 is 17.5 Å². The van der Waals surface area contributed by atoms with E-state index in [0.717, 1.165) is 29.8 Å². The van der Waals surface area contributed by atoms with Gasteiger partial charge in [-0.1, -0.05) is 30.3 Å². The number of primary amides is 1. The van der Waals surface area contributed by atoms with Gasteiger partial charge in [0.25, 0.3) is 5.91 Å². The van der Waals surface area contributed by atoms with Gasteiger partial charge in [0.15, 0.2) is 0 Å². The second-order valence-corrected chi connectivity index (χ2v) is 6.46. The third-order valence-electron chi connectivity index (χ3n) is 4.74. The van der Waals surface area contributed by atoms with Crippen LogP contribution in [0.1, 0.15) is 28.9 Å². The van der Waals surface area contributed by atoms with Crippen molar-refractivity contribution in [2.75, 3.05) is 5.32 Å². The maximum absolute atomic E-state index is 12.8. The van der Waals surface area contributed by atoms with E-state index in [1.165, 1.54) is 0 Å². The fourth-order valence-corrected chi connectivity index (χ4v) is 3.08. The molecule has 0 saturated heterocycles. The van der Waals surface area contributed by atoms with Gasteiger partial charge < -0.3 is 11.1 Å². The van der Waals surface area contributed by atoms with Crippen LogP contribution in [-0.2, 0) is 10.2 Å². The summed E-state index contributed by atoms with van der Waals surface area (Å²) >= 11 is 0. The molecule has 0 aliphatic heterocycles. The molecule has 0 spiro atoms. The Morgan fingerprint density at radius 2 is 1.69 bits per heavy atom. The van der Waals surface area contributed by atoms with E-state index in [2.05, 4.69) is 10.4 Å². The highest BCUT2D eigenvalue weighted by Gasteiger charge is 2.51. The van der Waals surface area contributed by atoms with Gasteiger partial charge in [-0.05, 0) is 48.7 Å². The minimum Gasteiger partial charge on any atom is -0.364 e. The summed E-state index contributed by atoms with van der Waals surface area (Å²) in [5.74, 6) is -0.546. The molecule has 0 radical (unpaired) electrons. The first-order valence-electron chi connectivity index (χ1n) is 8.41. The van der Waals surface area contributed by atoms with Crippen molar-refractivity contribution in [2.24, 2.45) is 5.73 Å². The van der Waals surface area contributed by atoms with Crippen molar-refractivity contribution in [3.05, 3.63) is 78.1 Å². The molecular formula is C20H18N4O2. The fourth-order valence-electron chi connectivity index (χ4n) is 3.08. The number of nitrogens with zero attached hydrogens (tertiary/aromatic N) is 2. The quantitative estimate of drug-likeness (QED) is 0.744. The van der Waals surface area contributed by atoms with E-state index in [0.29, 0.717) is 0 Å². The molecular weight excluding hydrogens is 328 g/mol. The zero-order valence-electron chi connectivity index (χ0n) is 14.1. The number of benzene rings is 2. The predicted octanol–water partition coefficient (Wildman–Crippen LogP) is 2.64. The van der Waals surface area contributed by atoms with Gasteiger partial charge in [0, 0.05) is 11.9 Å². The summed E-state index contributed by atoms with van der Waals surface area (Å²) in [6.45, 7) is 0. The molecule has 6 heteroatoms. The number of nitrogens with one attached hydrogen (secondary N) is 1. The lowest BCUT2D eigenvalue weighted by molar-refractivity contribution is -0.118. The van der Waals surface area contributed by atoms with Gasteiger partial charge in [-0.15, -0.1) is 0 Å². The number of nitrogens with two attached hydrogens (primary N) is 1. The Kier molecular flexibility index (Phi) is 3.80. The number of carbonyl (C=O) groups excluding carboxylic acids is 2. The SMILES string of the molecule is NC(=O)c1ccn(-c2ccc(NC(=O)C3(c4ccccc4)CC3)cc2)n1. The molecule has 4 rings (SSSR count). The number of rotatable bonds is 5. The summed E-state index contributed by atoms with van der Waals surface area (Å²) in [6.07, 6.45) is 3.40. The highest BCUT2D eigenvalue weighted by molar-refractivity contribution is 6.01. The summed E-state index contributed by atoms with van der Waals surface area (Å²) in [5.41, 5.74) is 7.58. The monoisotopic (exact) mass is 346 g/mol. The lowest BCUT2D eigenvalue weighted by atomic mass is 9.95. The molecule has 1 aliphatic carbocycles. The van der Waals surface area contributed by atoms with E-state index < -0.39 is 11.3 Å². The Labute approximate surface area is 150 Å². The molecule has 0 atom stereocenters. The number of hydrogen-bond donors (Lipinski definition) is 2. The number of anilines is 1. The molecule has 1 aromatic heterocycles. The van der Waals surface area contributed by atoms with Gasteiger partial charge in [0.2, 0.25) is 5.91 Å². The molecule has 2 aromatic carbocycles. The molecule has 26 heavy (non-hydrogen) atoms. The van der Waals surface area contributed by atoms with E-state index >= 15 is 0 Å². The number of carbonyl (C=O) groups is 2. The maximum atomic E-state index is 12.8. The zero-order chi connectivity index (χ0) is 18.1. The lowest BCUT2D eigenvalue weighted by Gasteiger charge is -2.16. The van der Waals surface area contributed by atoms with Gasteiger partial charge >= 0.3 is 0 Å². The van der Waals surface area contributed by atoms with E-state index in [1.54, 1.807) is 16.9 Å². The summed E-state index contributed by atoms with van der Waals surface area (Å²) in [4.78, 5) is 23.9. The Hall–Kier alpha value is -3.41. The third kappa shape index (κ3) is 2.86. The van der Waals surface area contributed by atoms with E-state index in [-0.39, 0.29) is 11.6 Å². The summed E-state index contributed by atoms with van der Waals surface area (Å²) in [5, 5.41) is 7.12. The molecule has 3 aromatic rings. The molecule has 1 aliphatic rings. The van der Waals surface area contributed by atoms with Crippen molar-refractivity contribution in [1.82, 2.24) is 9.78 Å². The third-order valence-corrected chi connectivity index (χ3v) is 4.74. The first-order chi connectivity index (χ1) is 12.6. The van der Waals surface area contributed by atoms with Crippen LogP contribution in [0.3, 0.4) is 0 Å². The van der Waals surface area contributed by atoms with Crippen LogP contribution in [0.15, 0.2) is 66.9 Å². The van der Waals surface area contributed by atoms with Crippen molar-refractivity contribution in [3.8, 4) is 5.69 Å². The van der Waals surface area contributed by atoms with Crippen molar-refractivity contribution in [3.63, 3.8) is 0 Å². The molecule has 3 N–H and O–H groups in total. The summed E-state index contributed by atoms with van der Waals surface area (Å²) in [7, 11) is 0. The molecule has 6 nitrogen and oxygen atoms in total. The Balaban J connectivity index is 1.49. The highest BCUT2D eigenvalue weighted by Crippen LogP contribution is 2.48. The van der Waals surface area contributed by atoms with Crippen molar-refractivity contribution in [2.45, 2.75) is 18.3 Å². The standard InChI is InChI=1S/C20H18N4O2/c21-18(25)17-10-13-24(23-17)16-8-6-15(7-9-16)22-19(26)20(11-12-20)14-4-2-1-3-5-14/h1-10,13H,11-12H2,(H2,21,25)(H,22,26). The molecule has 130 valence electrons. The van der Waals surface area contributed by atoms with Gasteiger partial charge in [0.1, 0.15) is 5.69 Å². The zero-order valence-corrected chi connectivity index (χ0v) is 14.1. The Bertz CT molecular complexity index is 957. The Morgan fingerprint density at radius 1 is 1.00 bits per heavy atom. The normalized spacial score (nSPS) is 14.6. The fraction of sp³-hybridized carbons (Fsp3) is 0.150. The van der Waals surface area contributed by atoms with Crippen LogP contribution in [0.2, 0.25) is 0 Å². The second-order valence-electron chi connectivity index (χ2n) is 6.46. The number of hydrogen-bond acceptors (Lipinski definition) is 3. The minimum atomic E-state index is -0.566. The van der Waals surface area contributed by atoms with Gasteiger partial charge in [-0.25, -0.2) is 4.68 Å². The second kappa shape index (κ2) is 6.15. The average molecular weight is 346 g/mol. The molecule has 0 unspecified atom stereocenters. The average Bonchev–Trinajstić information content (AvgIpc) is 3.33. The van der Waals surface area contributed by atoms with E-state index in [1.807, 2.05) is 54.6 Å². The molecule has 2 amide bonds. The first-order valence-corrected chi connectivity index (χ1v) is 8.41. The van der Waals surface area contributed by atoms with Crippen LogP contribution in [0, 0.1) is 0 Å². The van der Waals surface area contributed by atoms with Crippen molar-refractivity contribution in [1.29, 1.82) is 0 Å². The molecule has 1 fully saturated rings. The predicted molar refractivity (Wildman–Crippen MR) is 98.1 cm³/mol. The van der Waals surface area contributed by atoms with Crippen LogP contribution >= 0.6 is 0 Å². The summed E-state index contributed by atoms with van der Waals surface area (Å²) < 4.78 is 1.57. The highest BCUT2D eigenvalue weighted by atomic mass is 16.2. The molecule has 0 bridgehead atoms. The largest absolute Gasteiger partial charge is 0.364 e. The van der Waals surface area contributed by atoms with E-state index in [4.69, 9.17) is 5.73 Å². The van der Waals surface area contributed by atoms with Crippen molar-refractivity contribution < 1.29 is 9.59 Å². The van der Waals surface area contributed by atoms with Crippen LogP contribution in [0.5, 0.6) is 0 Å². The van der Waals surface area contributed by atoms with E-state index in [9.17, 15) is 9.59 Å². The Morgan fingerprint density at radius 3 is 2.27 bits per heavy atom. The molecule has 1 heterocycles. The minimum absolute atomic E-state index is 0.0200. The van der Waals surface area contributed by atoms with Gasteiger partial charge in [-0.3, -0.25) is 9.59 Å². The van der Waals surface area contributed by atoms with Gasteiger partial charge in [0.05, 0.1) is 11.1 Å². The van der Waals surface area contributed by atoms with Gasteiger partial charge in [-0.2, -0.15) is 5.10 Å². The number of aromatic nitrogens is 2. The van der Waals surface area contributed by atoms with Crippen LogP contribution < -0.4 is 11.1 Å². The molecule has 1 saturated carbocycles. The van der Waals surface area contributed by atoms with Crippen LogP contribution in [0.25, 0.3) is 5.69 Å². The topological polar surface area (TPSA) is 90.0 Å². The summed E-state index contributed by atoms with van der Waals surface area (Å²) in [6, 6.07) is 18.7. The van der Waals surface area contributed by atoms with Crippen LogP contribution in [0.4, 0.5) is 5.69 Å². The first kappa shape index (κ1) is 16.1. The van der Waals surface area contributed by atoms with Crippen LogP contribution in [-0.4, -0.2) is 21.6 Å². The maximum Gasteiger partial charge on any atom is 0.269 e. The lowest BCUT2D eigenvalue weighted by Crippen LogP contribution is -2.27. The smallest absolute Gasteiger partial charge is 0.269 e. The number of amides is 2.